The van der Waals surface area contributed by atoms with Crippen LogP contribution >= 0.6 is 0 Å². The second kappa shape index (κ2) is 6.55. The van der Waals surface area contributed by atoms with Crippen molar-refractivity contribution in [3.8, 4) is 0 Å². The lowest BCUT2D eigenvalue weighted by Crippen LogP contribution is -2.41. The number of aliphatic hydroxyl groups is 1. The summed E-state index contributed by atoms with van der Waals surface area (Å²) in [6.45, 7) is 0.177. The minimum atomic E-state index is -3.59. The van der Waals surface area contributed by atoms with Gasteiger partial charge in [-0.1, -0.05) is 30.3 Å². The van der Waals surface area contributed by atoms with Crippen molar-refractivity contribution in [3.05, 3.63) is 35.9 Å². The van der Waals surface area contributed by atoms with Gasteiger partial charge < -0.3 is 10.0 Å². The molecule has 1 unspecified atom stereocenters. The largest absolute Gasteiger partial charge is 0.394 e. The molecule has 1 aromatic carbocycles. The predicted molar refractivity (Wildman–Crippen MR) is 78.8 cm³/mol. The third-order valence-electron chi connectivity index (χ3n) is 3.67. The van der Waals surface area contributed by atoms with Gasteiger partial charge in [0.05, 0.1) is 18.4 Å². The third kappa shape index (κ3) is 4.52. The quantitative estimate of drug-likeness (QED) is 0.755. The summed E-state index contributed by atoms with van der Waals surface area (Å²) in [5, 5.41) is 14.6. The van der Waals surface area contributed by atoms with Crippen LogP contribution in [0.1, 0.15) is 12.0 Å². The van der Waals surface area contributed by atoms with Crippen molar-refractivity contribution in [1.29, 1.82) is 0 Å². The van der Waals surface area contributed by atoms with Crippen molar-refractivity contribution in [2.24, 2.45) is 11.1 Å². The van der Waals surface area contributed by atoms with Crippen LogP contribution in [0.25, 0.3) is 0 Å². The Morgan fingerprint density at radius 3 is 2.57 bits per heavy atom. The molecule has 1 aromatic rings. The number of likely N-dealkylation sites (tertiary alicyclic amines) is 1. The van der Waals surface area contributed by atoms with Gasteiger partial charge in [0, 0.05) is 18.9 Å². The van der Waals surface area contributed by atoms with E-state index in [0.717, 1.165) is 5.56 Å². The number of aliphatic hydroxyl groups excluding tert-OH is 1. The molecule has 2 rings (SSSR count). The fourth-order valence-electron chi connectivity index (χ4n) is 2.76. The molecule has 1 fully saturated rings. The van der Waals surface area contributed by atoms with Crippen molar-refractivity contribution < 1.29 is 18.3 Å². The predicted octanol–water partition coefficient (Wildman–Crippen LogP) is -0.273. The molecule has 2 atom stereocenters. The van der Waals surface area contributed by atoms with Crippen LogP contribution in [0.5, 0.6) is 0 Å². The molecule has 116 valence electrons. The van der Waals surface area contributed by atoms with E-state index in [1.165, 1.54) is 0 Å². The number of nitrogens with zero attached hydrogens (tertiary/aromatic N) is 1. The number of primary sulfonamides is 1. The SMILES string of the molecule is NS(=O)(=O)CC1CC(=O)N([C@H](CO)Cc2ccccc2)C1. The molecule has 1 saturated heterocycles. The Morgan fingerprint density at radius 1 is 1.33 bits per heavy atom. The van der Waals surface area contributed by atoms with Gasteiger partial charge in [-0.25, -0.2) is 13.6 Å². The number of carbonyl (C=O) groups excluding carboxylic acids is 1. The smallest absolute Gasteiger partial charge is 0.223 e. The molecule has 0 bridgehead atoms. The van der Waals surface area contributed by atoms with E-state index in [-0.39, 0.29) is 36.6 Å². The van der Waals surface area contributed by atoms with Crippen molar-refractivity contribution in [3.63, 3.8) is 0 Å². The summed E-state index contributed by atoms with van der Waals surface area (Å²) in [6, 6.07) is 9.25. The van der Waals surface area contributed by atoms with Crippen LogP contribution in [-0.2, 0) is 21.2 Å². The van der Waals surface area contributed by atoms with E-state index in [9.17, 15) is 18.3 Å². The molecular weight excluding hydrogens is 292 g/mol. The first-order valence-corrected chi connectivity index (χ1v) is 8.55. The zero-order chi connectivity index (χ0) is 15.5. The van der Waals surface area contributed by atoms with Crippen LogP contribution in [0.4, 0.5) is 0 Å². The first-order chi connectivity index (χ1) is 9.89. The maximum Gasteiger partial charge on any atom is 0.223 e. The monoisotopic (exact) mass is 312 g/mol. The van der Waals surface area contributed by atoms with Crippen molar-refractivity contribution in [2.45, 2.75) is 18.9 Å². The molecule has 1 amide bonds. The van der Waals surface area contributed by atoms with Gasteiger partial charge in [0.15, 0.2) is 0 Å². The average molecular weight is 312 g/mol. The molecule has 3 N–H and O–H groups in total. The minimum Gasteiger partial charge on any atom is -0.394 e. The second-order valence-corrected chi connectivity index (χ2v) is 7.13. The summed E-state index contributed by atoms with van der Waals surface area (Å²) in [5.41, 5.74) is 1.03. The summed E-state index contributed by atoms with van der Waals surface area (Å²) < 4.78 is 22.3. The molecule has 0 radical (unpaired) electrons. The number of amides is 1. The highest BCUT2D eigenvalue weighted by Gasteiger charge is 2.35. The van der Waals surface area contributed by atoms with Crippen LogP contribution in [0.3, 0.4) is 0 Å². The average Bonchev–Trinajstić information content (AvgIpc) is 2.75. The van der Waals surface area contributed by atoms with Gasteiger partial charge in [0.25, 0.3) is 0 Å². The summed E-state index contributed by atoms with van der Waals surface area (Å²) in [6.07, 6.45) is 0.715. The highest BCUT2D eigenvalue weighted by atomic mass is 32.2. The number of hydrogen-bond acceptors (Lipinski definition) is 4. The van der Waals surface area contributed by atoms with Crippen LogP contribution in [-0.4, -0.2) is 49.3 Å². The summed E-state index contributed by atoms with van der Waals surface area (Å²) in [4.78, 5) is 13.6. The van der Waals surface area contributed by atoms with Gasteiger partial charge in [-0.2, -0.15) is 0 Å². The maximum absolute atomic E-state index is 12.0. The van der Waals surface area contributed by atoms with E-state index in [4.69, 9.17) is 5.14 Å². The Labute approximate surface area is 124 Å². The van der Waals surface area contributed by atoms with E-state index in [2.05, 4.69) is 0 Å². The molecule has 1 heterocycles. The Morgan fingerprint density at radius 2 is 2.00 bits per heavy atom. The molecule has 0 saturated carbocycles. The topological polar surface area (TPSA) is 101 Å². The first-order valence-electron chi connectivity index (χ1n) is 6.84. The summed E-state index contributed by atoms with van der Waals surface area (Å²) in [5.74, 6) is -0.616. The normalized spacial score (nSPS) is 20.8. The van der Waals surface area contributed by atoms with Gasteiger partial charge in [-0.15, -0.1) is 0 Å². The molecule has 0 aliphatic carbocycles. The Bertz CT molecular complexity index is 588. The van der Waals surface area contributed by atoms with Gasteiger partial charge in [-0.05, 0) is 12.0 Å². The number of nitrogens with two attached hydrogens (primary N) is 1. The zero-order valence-electron chi connectivity index (χ0n) is 11.7. The van der Waals surface area contributed by atoms with Crippen LogP contribution in [0.2, 0.25) is 0 Å². The molecule has 6 nitrogen and oxygen atoms in total. The zero-order valence-corrected chi connectivity index (χ0v) is 12.5. The lowest BCUT2D eigenvalue weighted by molar-refractivity contribution is -0.130. The Hall–Kier alpha value is -1.44. The molecule has 21 heavy (non-hydrogen) atoms. The second-order valence-electron chi connectivity index (χ2n) is 5.47. The van der Waals surface area contributed by atoms with Crippen LogP contribution in [0.15, 0.2) is 30.3 Å². The number of hydrogen-bond donors (Lipinski definition) is 2. The standard InChI is InChI=1S/C14H20N2O4S/c15-21(19,20)10-12-7-14(18)16(8-12)13(9-17)6-11-4-2-1-3-5-11/h1-5,12-13,17H,6-10H2,(H2,15,19,20)/t12?,13-/m0/s1. The van der Waals surface area contributed by atoms with Crippen LogP contribution < -0.4 is 5.14 Å². The van der Waals surface area contributed by atoms with E-state index >= 15 is 0 Å². The highest BCUT2D eigenvalue weighted by Crippen LogP contribution is 2.22. The third-order valence-corrected chi connectivity index (χ3v) is 4.61. The number of sulfonamides is 1. The molecule has 0 spiro atoms. The van der Waals surface area contributed by atoms with Crippen LogP contribution in [0, 0.1) is 5.92 Å². The van der Waals surface area contributed by atoms with Crippen molar-refractivity contribution in [2.75, 3.05) is 18.9 Å². The summed E-state index contributed by atoms with van der Waals surface area (Å²) in [7, 11) is -3.59. The van der Waals surface area contributed by atoms with Crippen molar-refractivity contribution in [1.82, 2.24) is 4.90 Å². The van der Waals surface area contributed by atoms with E-state index in [1.807, 2.05) is 30.3 Å². The van der Waals surface area contributed by atoms with Crippen molar-refractivity contribution >= 4 is 15.9 Å². The highest BCUT2D eigenvalue weighted by molar-refractivity contribution is 7.89. The molecule has 1 aliphatic rings. The van der Waals surface area contributed by atoms with E-state index in [0.29, 0.717) is 13.0 Å². The van der Waals surface area contributed by atoms with Gasteiger partial charge in [0.2, 0.25) is 15.9 Å². The molecular formula is C14H20N2O4S. The van der Waals surface area contributed by atoms with Gasteiger partial charge in [-0.3, -0.25) is 4.79 Å². The van der Waals surface area contributed by atoms with E-state index < -0.39 is 10.0 Å². The minimum absolute atomic E-state index is 0.126. The first kappa shape index (κ1) is 15.9. The van der Waals surface area contributed by atoms with Gasteiger partial charge in [0.1, 0.15) is 0 Å². The molecule has 7 heteroatoms. The fourth-order valence-corrected chi connectivity index (χ4v) is 3.64. The number of benzene rings is 1. The van der Waals surface area contributed by atoms with E-state index in [1.54, 1.807) is 4.90 Å². The lowest BCUT2D eigenvalue weighted by Gasteiger charge is -2.26. The molecule has 0 aromatic heterocycles. The Balaban J connectivity index is 2.03. The fraction of sp³-hybridized carbons (Fsp3) is 0.500. The Kier molecular flexibility index (Phi) is 4.97. The van der Waals surface area contributed by atoms with Gasteiger partial charge >= 0.3 is 0 Å². The number of carbonyl (C=O) groups is 1. The lowest BCUT2D eigenvalue weighted by atomic mass is 10.1. The number of rotatable bonds is 6. The molecule has 1 aliphatic heterocycles. The maximum atomic E-state index is 12.0. The summed E-state index contributed by atoms with van der Waals surface area (Å²) >= 11 is 0.